The third-order valence-corrected chi connectivity index (χ3v) is 2.84. The topological polar surface area (TPSA) is 66.8 Å². The minimum Gasteiger partial charge on any atom is -0.504 e. The number of carbonyl (C=O) groups is 1. The Labute approximate surface area is 101 Å². The second-order valence-corrected chi connectivity index (χ2v) is 3.96. The number of aryl methyl sites for hydroxylation is 1. The molecule has 0 aliphatic carbocycles. The Bertz CT molecular complexity index is 424. The van der Waals surface area contributed by atoms with Crippen molar-refractivity contribution in [3.63, 3.8) is 0 Å². The Hall–Kier alpha value is -1.71. The van der Waals surface area contributed by atoms with E-state index in [9.17, 15) is 9.90 Å². The molecule has 0 amide bonds. The molecule has 0 unspecified atom stereocenters. The monoisotopic (exact) mass is 238 g/mol. The van der Waals surface area contributed by atoms with E-state index in [1.807, 2.05) is 20.8 Å². The zero-order valence-corrected chi connectivity index (χ0v) is 10.4. The average Bonchev–Trinajstić information content (AvgIpc) is 2.27. The van der Waals surface area contributed by atoms with Gasteiger partial charge < -0.3 is 14.9 Å². The van der Waals surface area contributed by atoms with Gasteiger partial charge in [-0.2, -0.15) is 0 Å². The molecule has 1 rings (SSSR count). The molecule has 0 radical (unpaired) electrons. The summed E-state index contributed by atoms with van der Waals surface area (Å²) in [5, 5.41) is 18.6. The number of ether oxygens (including phenoxy) is 1. The fourth-order valence-electron chi connectivity index (χ4n) is 1.95. The maximum absolute atomic E-state index is 10.5. The third-order valence-electron chi connectivity index (χ3n) is 2.84. The van der Waals surface area contributed by atoms with Crippen molar-refractivity contribution in [3.8, 4) is 11.5 Å². The molecule has 4 nitrogen and oxygen atoms in total. The molecule has 17 heavy (non-hydrogen) atoms. The molecule has 0 aliphatic heterocycles. The van der Waals surface area contributed by atoms with Crippen LogP contribution in [0.5, 0.6) is 11.5 Å². The lowest BCUT2D eigenvalue weighted by molar-refractivity contribution is 0.142. The Morgan fingerprint density at radius 3 is 2.53 bits per heavy atom. The molecule has 0 atom stereocenters. The van der Waals surface area contributed by atoms with E-state index in [1.54, 1.807) is 6.07 Å². The highest BCUT2D eigenvalue weighted by atomic mass is 16.7. The van der Waals surface area contributed by atoms with Gasteiger partial charge in [0.2, 0.25) is 0 Å². The van der Waals surface area contributed by atoms with Crippen LogP contribution in [0, 0.1) is 6.92 Å². The first-order chi connectivity index (χ1) is 8.01. The summed E-state index contributed by atoms with van der Waals surface area (Å²) in [6.45, 7) is 5.93. The zero-order valence-electron chi connectivity index (χ0n) is 10.4. The average molecular weight is 238 g/mol. The molecule has 0 spiro atoms. The molecule has 1 aromatic rings. The maximum Gasteiger partial charge on any atom is 0.511 e. The lowest BCUT2D eigenvalue weighted by atomic mass is 9.96. The van der Waals surface area contributed by atoms with Crippen LogP contribution in [0.2, 0.25) is 0 Å². The Morgan fingerprint density at radius 2 is 2.06 bits per heavy atom. The van der Waals surface area contributed by atoms with Crippen LogP contribution in [0.15, 0.2) is 6.07 Å². The van der Waals surface area contributed by atoms with Crippen LogP contribution in [0.4, 0.5) is 4.79 Å². The van der Waals surface area contributed by atoms with E-state index in [2.05, 4.69) is 4.74 Å². The number of phenolic OH excluding ortho intramolecular Hbond substituents is 1. The first-order valence-electron chi connectivity index (χ1n) is 5.76. The SMILES string of the molecule is CCCc1c(C)c(CC)cc(OC(=O)O)c1O. The molecule has 1 aromatic carbocycles. The van der Waals surface area contributed by atoms with Gasteiger partial charge in [-0.25, -0.2) is 4.79 Å². The van der Waals surface area contributed by atoms with Crippen LogP contribution in [0.1, 0.15) is 37.0 Å². The molecule has 0 aromatic heterocycles. The molecule has 2 N–H and O–H groups in total. The second kappa shape index (κ2) is 5.57. The van der Waals surface area contributed by atoms with Crippen LogP contribution in [-0.2, 0) is 12.8 Å². The van der Waals surface area contributed by atoms with Crippen molar-refractivity contribution in [1.82, 2.24) is 0 Å². The number of rotatable bonds is 4. The molecular weight excluding hydrogens is 220 g/mol. The standard InChI is InChI=1S/C13H18O4/c1-4-6-10-8(3)9(5-2)7-11(12(10)14)17-13(15)16/h7,14H,4-6H2,1-3H3,(H,15,16). The summed E-state index contributed by atoms with van der Waals surface area (Å²) in [6, 6.07) is 1.60. The molecule has 0 aliphatic rings. The van der Waals surface area contributed by atoms with Crippen LogP contribution in [0.25, 0.3) is 0 Å². The summed E-state index contributed by atoms with van der Waals surface area (Å²) in [7, 11) is 0. The minimum absolute atomic E-state index is 0.0309. The lowest BCUT2D eigenvalue weighted by Crippen LogP contribution is -2.06. The molecule has 0 bridgehead atoms. The van der Waals surface area contributed by atoms with Gasteiger partial charge in [0.05, 0.1) is 0 Å². The van der Waals surface area contributed by atoms with Gasteiger partial charge in [-0.1, -0.05) is 20.3 Å². The quantitative estimate of drug-likeness (QED) is 0.624. The van der Waals surface area contributed by atoms with Gasteiger partial charge in [0.1, 0.15) is 0 Å². The minimum atomic E-state index is -1.41. The van der Waals surface area contributed by atoms with Crippen LogP contribution in [0.3, 0.4) is 0 Å². The number of carboxylic acid groups (broad SMARTS) is 1. The van der Waals surface area contributed by atoms with E-state index in [4.69, 9.17) is 5.11 Å². The van der Waals surface area contributed by atoms with Crippen LogP contribution < -0.4 is 4.74 Å². The number of aromatic hydroxyl groups is 1. The lowest BCUT2D eigenvalue weighted by Gasteiger charge is -2.15. The highest BCUT2D eigenvalue weighted by molar-refractivity contribution is 5.65. The summed E-state index contributed by atoms with van der Waals surface area (Å²) in [4.78, 5) is 10.5. The normalized spacial score (nSPS) is 10.3. The number of phenols is 1. The molecule has 4 heteroatoms. The van der Waals surface area contributed by atoms with E-state index in [-0.39, 0.29) is 11.5 Å². The molecule has 94 valence electrons. The van der Waals surface area contributed by atoms with Crippen molar-refractivity contribution in [2.45, 2.75) is 40.0 Å². The number of hydrogen-bond acceptors (Lipinski definition) is 3. The highest BCUT2D eigenvalue weighted by Crippen LogP contribution is 2.36. The molecule has 0 saturated heterocycles. The summed E-state index contributed by atoms with van der Waals surface area (Å²) in [6.07, 6.45) is 0.961. The van der Waals surface area contributed by atoms with Crippen LogP contribution >= 0.6 is 0 Å². The third kappa shape index (κ3) is 2.90. The van der Waals surface area contributed by atoms with Crippen molar-refractivity contribution >= 4 is 6.16 Å². The van der Waals surface area contributed by atoms with Crippen LogP contribution in [-0.4, -0.2) is 16.4 Å². The van der Waals surface area contributed by atoms with Gasteiger partial charge in [-0.3, -0.25) is 0 Å². The molecule has 0 saturated carbocycles. The van der Waals surface area contributed by atoms with Gasteiger partial charge in [0.25, 0.3) is 0 Å². The van der Waals surface area contributed by atoms with Crippen molar-refractivity contribution in [2.75, 3.05) is 0 Å². The molecular formula is C13H18O4. The summed E-state index contributed by atoms with van der Waals surface area (Å²) in [5.41, 5.74) is 2.80. The predicted octanol–water partition coefficient (Wildman–Crippen LogP) is 3.27. The predicted molar refractivity (Wildman–Crippen MR) is 64.9 cm³/mol. The fraction of sp³-hybridized carbons (Fsp3) is 0.462. The smallest absolute Gasteiger partial charge is 0.504 e. The van der Waals surface area contributed by atoms with Crippen molar-refractivity contribution in [1.29, 1.82) is 0 Å². The molecule has 0 heterocycles. The Morgan fingerprint density at radius 1 is 1.41 bits per heavy atom. The van der Waals surface area contributed by atoms with E-state index in [0.717, 1.165) is 29.5 Å². The van der Waals surface area contributed by atoms with Gasteiger partial charge >= 0.3 is 6.16 Å². The summed E-state index contributed by atoms with van der Waals surface area (Å²) >= 11 is 0. The largest absolute Gasteiger partial charge is 0.511 e. The first-order valence-corrected chi connectivity index (χ1v) is 5.76. The van der Waals surface area contributed by atoms with E-state index in [0.29, 0.717) is 6.42 Å². The Balaban J connectivity index is 3.31. The second-order valence-electron chi connectivity index (χ2n) is 3.96. The van der Waals surface area contributed by atoms with Gasteiger partial charge in [0.15, 0.2) is 11.5 Å². The fourth-order valence-corrected chi connectivity index (χ4v) is 1.95. The number of hydrogen-bond donors (Lipinski definition) is 2. The van der Waals surface area contributed by atoms with Crippen molar-refractivity contribution < 1.29 is 19.7 Å². The van der Waals surface area contributed by atoms with Gasteiger partial charge in [-0.15, -0.1) is 0 Å². The van der Waals surface area contributed by atoms with Crippen molar-refractivity contribution in [3.05, 3.63) is 22.8 Å². The van der Waals surface area contributed by atoms with E-state index < -0.39 is 6.16 Å². The van der Waals surface area contributed by atoms with E-state index >= 15 is 0 Å². The maximum atomic E-state index is 10.5. The highest BCUT2D eigenvalue weighted by Gasteiger charge is 2.16. The van der Waals surface area contributed by atoms with Gasteiger partial charge in [0, 0.05) is 5.56 Å². The van der Waals surface area contributed by atoms with Gasteiger partial charge in [-0.05, 0) is 37.0 Å². The Kier molecular flexibility index (Phi) is 4.37. The number of benzene rings is 1. The summed E-state index contributed by atoms with van der Waals surface area (Å²) in [5.74, 6) is -0.0210. The summed E-state index contributed by atoms with van der Waals surface area (Å²) < 4.78 is 4.60. The van der Waals surface area contributed by atoms with E-state index in [1.165, 1.54) is 0 Å². The molecule has 0 fully saturated rings. The first kappa shape index (κ1) is 13.4. The van der Waals surface area contributed by atoms with Crippen molar-refractivity contribution in [2.24, 2.45) is 0 Å². The zero-order chi connectivity index (χ0) is 13.0.